The molecule has 0 unspecified atom stereocenters. The summed E-state index contributed by atoms with van der Waals surface area (Å²) in [6.45, 7) is 2.54. The molecule has 1 amide bonds. The van der Waals surface area contributed by atoms with Gasteiger partial charge in [0.25, 0.3) is 0 Å². The maximum absolute atomic E-state index is 12.8. The van der Waals surface area contributed by atoms with Crippen LogP contribution in [0.2, 0.25) is 0 Å². The lowest BCUT2D eigenvalue weighted by atomic mass is 10.3. The van der Waals surface area contributed by atoms with Crippen LogP contribution >= 0.6 is 0 Å². The standard InChI is InChI=1S/C14H16FNO2/c1-2-3-4-8-14(17)16-9-10-18-13-7-5-6-12(15)11-13/h2-8,11H,9-10H2,1H3,(H,16,17)/b3-2+,8-4+. The van der Waals surface area contributed by atoms with E-state index in [0.29, 0.717) is 18.9 Å². The average molecular weight is 249 g/mol. The van der Waals surface area contributed by atoms with Gasteiger partial charge in [0.2, 0.25) is 5.91 Å². The molecular formula is C14H16FNO2. The van der Waals surface area contributed by atoms with Crippen molar-refractivity contribution in [2.24, 2.45) is 0 Å². The monoisotopic (exact) mass is 249 g/mol. The normalized spacial score (nSPS) is 11.0. The smallest absolute Gasteiger partial charge is 0.244 e. The van der Waals surface area contributed by atoms with Crippen molar-refractivity contribution in [2.45, 2.75) is 6.92 Å². The summed E-state index contributed by atoms with van der Waals surface area (Å²) in [6.07, 6.45) is 6.69. The third kappa shape index (κ3) is 5.84. The number of carbonyl (C=O) groups is 1. The minimum Gasteiger partial charge on any atom is -0.492 e. The van der Waals surface area contributed by atoms with Crippen LogP contribution in [-0.2, 0) is 4.79 Å². The number of amides is 1. The Bertz CT molecular complexity index is 441. The zero-order valence-electron chi connectivity index (χ0n) is 10.2. The quantitative estimate of drug-likeness (QED) is 0.478. The van der Waals surface area contributed by atoms with Crippen molar-refractivity contribution in [1.29, 1.82) is 0 Å². The van der Waals surface area contributed by atoms with Crippen molar-refractivity contribution < 1.29 is 13.9 Å². The Morgan fingerprint density at radius 2 is 2.28 bits per heavy atom. The summed E-state index contributed by atoms with van der Waals surface area (Å²) < 4.78 is 18.1. The molecule has 96 valence electrons. The van der Waals surface area contributed by atoms with E-state index in [1.807, 2.05) is 13.0 Å². The molecule has 0 saturated carbocycles. The Morgan fingerprint density at radius 1 is 1.44 bits per heavy atom. The minimum absolute atomic E-state index is 0.184. The van der Waals surface area contributed by atoms with Crippen LogP contribution in [0.15, 0.2) is 48.6 Å². The van der Waals surface area contributed by atoms with Crippen LogP contribution in [0.25, 0.3) is 0 Å². The molecule has 18 heavy (non-hydrogen) atoms. The van der Waals surface area contributed by atoms with Gasteiger partial charge < -0.3 is 10.1 Å². The van der Waals surface area contributed by atoms with Crippen molar-refractivity contribution in [1.82, 2.24) is 5.32 Å². The molecule has 1 N–H and O–H groups in total. The summed E-state index contributed by atoms with van der Waals surface area (Å²) in [4.78, 5) is 11.2. The Hall–Kier alpha value is -2.10. The lowest BCUT2D eigenvalue weighted by Crippen LogP contribution is -2.26. The summed E-state index contributed by atoms with van der Waals surface area (Å²) in [5.41, 5.74) is 0. The van der Waals surface area contributed by atoms with Crippen LogP contribution in [0.4, 0.5) is 4.39 Å². The second kappa shape index (κ2) is 8.06. The van der Waals surface area contributed by atoms with Crippen molar-refractivity contribution in [3.05, 3.63) is 54.4 Å². The van der Waals surface area contributed by atoms with Gasteiger partial charge in [-0.2, -0.15) is 0 Å². The first-order valence-electron chi connectivity index (χ1n) is 5.68. The van der Waals surface area contributed by atoms with Crippen molar-refractivity contribution in [2.75, 3.05) is 13.2 Å². The highest BCUT2D eigenvalue weighted by Gasteiger charge is 1.97. The SMILES string of the molecule is C/C=C/C=C/C(=O)NCCOc1cccc(F)c1. The number of rotatable bonds is 6. The number of carbonyl (C=O) groups excluding carboxylic acids is 1. The van der Waals surface area contributed by atoms with Gasteiger partial charge in [-0.05, 0) is 19.1 Å². The van der Waals surface area contributed by atoms with E-state index in [9.17, 15) is 9.18 Å². The molecule has 3 nitrogen and oxygen atoms in total. The molecule has 0 aliphatic carbocycles. The lowest BCUT2D eigenvalue weighted by molar-refractivity contribution is -0.116. The summed E-state index contributed by atoms with van der Waals surface area (Å²) >= 11 is 0. The summed E-state index contributed by atoms with van der Waals surface area (Å²) in [5, 5.41) is 2.65. The van der Waals surface area contributed by atoms with Gasteiger partial charge in [-0.3, -0.25) is 4.79 Å². The van der Waals surface area contributed by atoms with E-state index in [2.05, 4.69) is 5.32 Å². The van der Waals surface area contributed by atoms with E-state index in [-0.39, 0.29) is 11.7 Å². The minimum atomic E-state index is -0.342. The number of halogens is 1. The molecule has 1 aromatic rings. The first-order chi connectivity index (χ1) is 8.72. The molecule has 0 aromatic heterocycles. The highest BCUT2D eigenvalue weighted by Crippen LogP contribution is 2.11. The van der Waals surface area contributed by atoms with Crippen LogP contribution in [0, 0.1) is 5.82 Å². The van der Waals surface area contributed by atoms with Gasteiger partial charge in [-0.15, -0.1) is 0 Å². The van der Waals surface area contributed by atoms with Crippen LogP contribution in [-0.4, -0.2) is 19.1 Å². The van der Waals surface area contributed by atoms with E-state index < -0.39 is 0 Å². The number of hydrogen-bond donors (Lipinski definition) is 1. The number of allylic oxidation sites excluding steroid dienone is 3. The maximum Gasteiger partial charge on any atom is 0.244 e. The third-order valence-electron chi connectivity index (χ3n) is 2.02. The van der Waals surface area contributed by atoms with Gasteiger partial charge in [0.1, 0.15) is 18.2 Å². The van der Waals surface area contributed by atoms with Crippen LogP contribution in [0.5, 0.6) is 5.75 Å². The molecule has 0 fully saturated rings. The molecule has 0 heterocycles. The van der Waals surface area contributed by atoms with E-state index in [4.69, 9.17) is 4.74 Å². The van der Waals surface area contributed by atoms with Gasteiger partial charge in [-0.25, -0.2) is 4.39 Å². The molecule has 0 bridgehead atoms. The molecule has 4 heteroatoms. The topological polar surface area (TPSA) is 38.3 Å². The third-order valence-corrected chi connectivity index (χ3v) is 2.02. The molecule has 0 saturated heterocycles. The van der Waals surface area contributed by atoms with E-state index in [1.165, 1.54) is 18.2 Å². The fourth-order valence-electron chi connectivity index (χ4n) is 1.21. The molecule has 0 atom stereocenters. The second-order valence-electron chi connectivity index (χ2n) is 3.48. The van der Waals surface area contributed by atoms with Crippen LogP contribution in [0.1, 0.15) is 6.92 Å². The van der Waals surface area contributed by atoms with Crippen molar-refractivity contribution >= 4 is 5.91 Å². The largest absolute Gasteiger partial charge is 0.492 e. The maximum atomic E-state index is 12.8. The first-order valence-corrected chi connectivity index (χ1v) is 5.68. The molecule has 1 rings (SSSR count). The molecule has 0 spiro atoms. The Kier molecular flexibility index (Phi) is 6.25. The average Bonchev–Trinajstić information content (AvgIpc) is 2.35. The van der Waals surface area contributed by atoms with Gasteiger partial charge >= 0.3 is 0 Å². The fraction of sp³-hybridized carbons (Fsp3) is 0.214. The van der Waals surface area contributed by atoms with Gasteiger partial charge in [-0.1, -0.05) is 24.3 Å². The fourth-order valence-corrected chi connectivity index (χ4v) is 1.21. The number of hydrogen-bond acceptors (Lipinski definition) is 2. The molecule has 0 aliphatic rings. The van der Waals surface area contributed by atoms with E-state index >= 15 is 0 Å². The molecule has 1 aromatic carbocycles. The number of benzene rings is 1. The van der Waals surface area contributed by atoms with E-state index in [1.54, 1.807) is 24.3 Å². The van der Waals surface area contributed by atoms with Gasteiger partial charge in [0.15, 0.2) is 0 Å². The van der Waals surface area contributed by atoms with Crippen molar-refractivity contribution in [3.63, 3.8) is 0 Å². The lowest BCUT2D eigenvalue weighted by Gasteiger charge is -2.06. The summed E-state index contributed by atoms with van der Waals surface area (Å²) in [6, 6.07) is 5.88. The van der Waals surface area contributed by atoms with E-state index in [0.717, 1.165) is 0 Å². The first kappa shape index (κ1) is 14.0. The Morgan fingerprint density at radius 3 is 3.00 bits per heavy atom. The second-order valence-corrected chi connectivity index (χ2v) is 3.48. The number of nitrogens with one attached hydrogen (secondary N) is 1. The zero-order valence-corrected chi connectivity index (χ0v) is 10.2. The van der Waals surface area contributed by atoms with Gasteiger partial charge in [0, 0.05) is 12.1 Å². The van der Waals surface area contributed by atoms with Crippen molar-refractivity contribution in [3.8, 4) is 5.75 Å². The Balaban J connectivity index is 2.21. The number of ether oxygens (including phenoxy) is 1. The predicted octanol–water partition coefficient (Wildman–Crippen LogP) is 2.45. The highest BCUT2D eigenvalue weighted by molar-refractivity contribution is 5.87. The summed E-state index contributed by atoms with van der Waals surface area (Å²) in [5.74, 6) is -0.0736. The van der Waals surface area contributed by atoms with Crippen LogP contribution in [0.3, 0.4) is 0 Å². The van der Waals surface area contributed by atoms with Crippen LogP contribution < -0.4 is 10.1 Å². The predicted molar refractivity (Wildman–Crippen MR) is 68.9 cm³/mol. The Labute approximate surface area is 106 Å². The highest BCUT2D eigenvalue weighted by atomic mass is 19.1. The molecule has 0 radical (unpaired) electrons. The molecular weight excluding hydrogens is 233 g/mol. The zero-order chi connectivity index (χ0) is 13.2. The van der Waals surface area contributed by atoms with Gasteiger partial charge in [0.05, 0.1) is 6.54 Å². The molecule has 0 aliphatic heterocycles. The summed E-state index contributed by atoms with van der Waals surface area (Å²) in [7, 11) is 0.